The summed E-state index contributed by atoms with van der Waals surface area (Å²) in [5.41, 5.74) is -2.46. The Morgan fingerprint density at radius 3 is 2.66 bits per heavy atom. The number of hydrogen-bond acceptors (Lipinski definition) is 4. The van der Waals surface area contributed by atoms with E-state index in [1.54, 1.807) is 6.92 Å². The van der Waals surface area contributed by atoms with E-state index in [4.69, 9.17) is 4.74 Å². The van der Waals surface area contributed by atoms with Gasteiger partial charge in [-0.3, -0.25) is 9.59 Å². The van der Waals surface area contributed by atoms with Gasteiger partial charge in [0.1, 0.15) is 11.5 Å². The number of rotatable bonds is 4. The van der Waals surface area contributed by atoms with Crippen LogP contribution in [0.1, 0.15) is 35.8 Å². The molecule has 6 nitrogen and oxygen atoms in total. The fourth-order valence-corrected chi connectivity index (χ4v) is 3.37. The second-order valence-electron chi connectivity index (χ2n) is 6.61. The van der Waals surface area contributed by atoms with Gasteiger partial charge in [0.2, 0.25) is 0 Å². The van der Waals surface area contributed by atoms with E-state index in [-0.39, 0.29) is 19.7 Å². The van der Waals surface area contributed by atoms with Crippen molar-refractivity contribution in [2.45, 2.75) is 25.9 Å². The van der Waals surface area contributed by atoms with Crippen LogP contribution in [-0.4, -0.2) is 46.3 Å². The van der Waals surface area contributed by atoms with E-state index >= 15 is 0 Å². The second-order valence-corrected chi connectivity index (χ2v) is 6.61. The molecule has 1 atom stereocenters. The number of para-hydroxylation sites is 1. The average molecular weight is 413 g/mol. The Kier molecular flexibility index (Phi) is 5.90. The normalized spacial score (nSPS) is 17.3. The molecule has 1 aromatic carbocycles. The number of carbonyl (C=O) groups is 2. The third kappa shape index (κ3) is 4.25. The zero-order valence-electron chi connectivity index (χ0n) is 15.6. The number of amides is 1. The van der Waals surface area contributed by atoms with E-state index in [2.05, 4.69) is 5.10 Å². The molecule has 0 saturated carbocycles. The van der Waals surface area contributed by atoms with Crippen LogP contribution < -0.4 is 0 Å². The molecule has 2 heterocycles. The summed E-state index contributed by atoms with van der Waals surface area (Å²) in [4.78, 5) is 26.0. The van der Waals surface area contributed by atoms with Gasteiger partial charge in [-0.05, 0) is 31.9 Å². The first-order chi connectivity index (χ1) is 13.7. The van der Waals surface area contributed by atoms with Crippen LogP contribution in [-0.2, 0) is 15.7 Å². The van der Waals surface area contributed by atoms with Crippen LogP contribution in [0.2, 0.25) is 0 Å². The highest BCUT2D eigenvalue weighted by molar-refractivity contribution is 5.96. The topological polar surface area (TPSA) is 64.4 Å². The van der Waals surface area contributed by atoms with Gasteiger partial charge in [0.25, 0.3) is 5.91 Å². The first-order valence-corrected chi connectivity index (χ1v) is 9.10. The van der Waals surface area contributed by atoms with E-state index in [0.29, 0.717) is 17.5 Å². The third-order valence-electron chi connectivity index (χ3n) is 4.68. The molecule has 0 radical (unpaired) electrons. The lowest BCUT2D eigenvalue weighted by molar-refractivity contribution is -0.149. The van der Waals surface area contributed by atoms with Crippen molar-refractivity contribution >= 4 is 11.9 Å². The van der Waals surface area contributed by atoms with E-state index in [0.717, 1.165) is 18.3 Å². The molecule has 3 rings (SSSR count). The first-order valence-electron chi connectivity index (χ1n) is 9.10. The fraction of sp³-hybridized carbons (Fsp3) is 0.421. The molecule has 0 aliphatic carbocycles. The van der Waals surface area contributed by atoms with Crippen LogP contribution in [0, 0.1) is 11.7 Å². The molecular weight excluding hydrogens is 394 g/mol. The lowest BCUT2D eigenvalue weighted by Crippen LogP contribution is -2.43. The Hall–Kier alpha value is -2.91. The zero-order chi connectivity index (χ0) is 21.2. The minimum Gasteiger partial charge on any atom is -0.466 e. The summed E-state index contributed by atoms with van der Waals surface area (Å²) < 4.78 is 60.7. The highest BCUT2D eigenvalue weighted by Gasteiger charge is 2.42. The van der Waals surface area contributed by atoms with Crippen molar-refractivity contribution in [2.75, 3.05) is 19.7 Å². The summed E-state index contributed by atoms with van der Waals surface area (Å²) in [6, 6.07) is 4.86. The lowest BCUT2D eigenvalue weighted by atomic mass is 9.97. The lowest BCUT2D eigenvalue weighted by Gasteiger charge is -2.31. The first kappa shape index (κ1) is 20.8. The van der Waals surface area contributed by atoms with E-state index in [9.17, 15) is 27.2 Å². The van der Waals surface area contributed by atoms with Gasteiger partial charge in [0, 0.05) is 13.1 Å². The van der Waals surface area contributed by atoms with Crippen molar-refractivity contribution in [1.82, 2.24) is 14.7 Å². The molecule has 0 N–H and O–H groups in total. The van der Waals surface area contributed by atoms with Gasteiger partial charge in [-0.15, -0.1) is 0 Å². The summed E-state index contributed by atoms with van der Waals surface area (Å²) >= 11 is 0. The predicted octanol–water partition coefficient (Wildman–Crippen LogP) is 3.45. The quantitative estimate of drug-likeness (QED) is 0.569. The summed E-state index contributed by atoms with van der Waals surface area (Å²) in [5.74, 6) is -2.89. The van der Waals surface area contributed by atoms with Gasteiger partial charge < -0.3 is 9.64 Å². The molecule has 1 unspecified atom stereocenters. The maximum absolute atomic E-state index is 14.0. The van der Waals surface area contributed by atoms with Crippen molar-refractivity contribution in [3.05, 3.63) is 47.5 Å². The number of halogens is 4. The number of alkyl halides is 3. The molecule has 1 saturated heterocycles. The van der Waals surface area contributed by atoms with Crippen molar-refractivity contribution in [3.63, 3.8) is 0 Å². The molecule has 1 aliphatic heterocycles. The van der Waals surface area contributed by atoms with Crippen LogP contribution in [0.5, 0.6) is 0 Å². The van der Waals surface area contributed by atoms with E-state index < -0.39 is 46.7 Å². The van der Waals surface area contributed by atoms with Crippen molar-refractivity contribution in [2.24, 2.45) is 5.92 Å². The van der Waals surface area contributed by atoms with Crippen molar-refractivity contribution in [3.8, 4) is 5.69 Å². The molecule has 1 aromatic heterocycles. The number of piperidine rings is 1. The fourth-order valence-electron chi connectivity index (χ4n) is 3.37. The Bertz CT molecular complexity index is 910. The van der Waals surface area contributed by atoms with Crippen LogP contribution >= 0.6 is 0 Å². The van der Waals surface area contributed by atoms with Crippen LogP contribution in [0.4, 0.5) is 17.6 Å². The van der Waals surface area contributed by atoms with Crippen LogP contribution in [0.3, 0.4) is 0 Å². The van der Waals surface area contributed by atoms with Gasteiger partial charge in [0.15, 0.2) is 5.69 Å². The molecule has 1 aliphatic rings. The van der Waals surface area contributed by atoms with E-state index in [1.165, 1.54) is 17.0 Å². The number of esters is 1. The number of hydrogen-bond donors (Lipinski definition) is 0. The SMILES string of the molecule is CCOC(=O)C1CCCN(C(=O)c2cnn(-c3ccccc3F)c2C(F)(F)F)C1. The molecule has 29 heavy (non-hydrogen) atoms. The monoisotopic (exact) mass is 413 g/mol. The number of nitrogens with zero attached hydrogens (tertiary/aromatic N) is 3. The number of likely N-dealkylation sites (tertiary alicyclic amines) is 1. The van der Waals surface area contributed by atoms with E-state index in [1.807, 2.05) is 0 Å². The van der Waals surface area contributed by atoms with Crippen molar-refractivity contribution < 1.29 is 31.9 Å². The minimum atomic E-state index is -4.94. The highest BCUT2D eigenvalue weighted by atomic mass is 19.4. The molecule has 0 spiro atoms. The number of benzene rings is 1. The standard InChI is InChI=1S/C19H19F4N3O3/c1-2-29-18(28)12-6-5-9-25(11-12)17(27)13-10-24-26(16(13)19(21,22)23)15-8-4-3-7-14(15)20/h3-4,7-8,10,12H,2,5-6,9,11H2,1H3. The molecule has 1 fully saturated rings. The summed E-state index contributed by atoms with van der Waals surface area (Å²) in [6.07, 6.45) is -3.22. The number of carbonyl (C=O) groups excluding carboxylic acids is 2. The Morgan fingerprint density at radius 2 is 2.00 bits per heavy atom. The van der Waals surface area contributed by atoms with Gasteiger partial charge in [0.05, 0.1) is 24.3 Å². The maximum atomic E-state index is 14.0. The molecule has 156 valence electrons. The summed E-state index contributed by atoms with van der Waals surface area (Å²) in [7, 11) is 0. The molecule has 0 bridgehead atoms. The average Bonchev–Trinajstić information content (AvgIpc) is 3.13. The largest absolute Gasteiger partial charge is 0.466 e. The van der Waals surface area contributed by atoms with Gasteiger partial charge in [-0.2, -0.15) is 18.3 Å². The number of ether oxygens (including phenoxy) is 1. The summed E-state index contributed by atoms with van der Waals surface area (Å²) in [5, 5.41) is 3.63. The molecule has 2 aromatic rings. The van der Waals surface area contributed by atoms with Crippen LogP contribution in [0.25, 0.3) is 5.69 Å². The Labute approximate surface area is 164 Å². The Balaban J connectivity index is 1.95. The van der Waals surface area contributed by atoms with Gasteiger partial charge in [-0.1, -0.05) is 12.1 Å². The zero-order valence-corrected chi connectivity index (χ0v) is 15.6. The third-order valence-corrected chi connectivity index (χ3v) is 4.68. The Morgan fingerprint density at radius 1 is 1.28 bits per heavy atom. The van der Waals surface area contributed by atoms with Gasteiger partial charge >= 0.3 is 12.1 Å². The molecule has 10 heteroatoms. The second kappa shape index (κ2) is 8.22. The van der Waals surface area contributed by atoms with Crippen LogP contribution in [0.15, 0.2) is 30.5 Å². The highest BCUT2D eigenvalue weighted by Crippen LogP contribution is 2.35. The van der Waals surface area contributed by atoms with Crippen molar-refractivity contribution in [1.29, 1.82) is 0 Å². The smallest absolute Gasteiger partial charge is 0.434 e. The van der Waals surface area contributed by atoms with Gasteiger partial charge in [-0.25, -0.2) is 9.07 Å². The molecular formula is C19H19F4N3O3. The maximum Gasteiger partial charge on any atom is 0.434 e. The number of aromatic nitrogens is 2. The molecule has 1 amide bonds. The minimum absolute atomic E-state index is 0.0418. The summed E-state index contributed by atoms with van der Waals surface area (Å²) in [6.45, 7) is 1.99. The predicted molar refractivity (Wildman–Crippen MR) is 93.8 cm³/mol.